The molecule has 4 rings (SSSR count). The lowest BCUT2D eigenvalue weighted by molar-refractivity contribution is 0.208. The smallest absolute Gasteiger partial charge is 0.224 e. The van der Waals surface area contributed by atoms with Crippen LogP contribution in [-0.2, 0) is 6.54 Å². The van der Waals surface area contributed by atoms with Gasteiger partial charge >= 0.3 is 0 Å². The largest absolute Gasteiger partial charge is 0.378 e. The Labute approximate surface area is 181 Å². The summed E-state index contributed by atoms with van der Waals surface area (Å²) >= 11 is 0. The maximum absolute atomic E-state index is 4.85. The third kappa shape index (κ3) is 5.63. The second kappa shape index (κ2) is 10.1. The highest BCUT2D eigenvalue weighted by molar-refractivity contribution is 5.46. The highest BCUT2D eigenvalue weighted by Crippen LogP contribution is 2.21. The van der Waals surface area contributed by atoms with Gasteiger partial charge in [0.25, 0.3) is 0 Å². The Balaban J connectivity index is 1.34. The van der Waals surface area contributed by atoms with Crippen molar-refractivity contribution >= 4 is 17.5 Å². The zero-order valence-corrected chi connectivity index (χ0v) is 18.6. The molecule has 2 aliphatic rings. The van der Waals surface area contributed by atoms with Crippen LogP contribution in [0.1, 0.15) is 44.1 Å². The molecule has 0 bridgehead atoms. The molecule has 1 atom stereocenters. The molecule has 0 amide bonds. The monoisotopic (exact) mass is 408 g/mol. The predicted octanol–water partition coefficient (Wildman–Crippen LogP) is 4.00. The first-order valence-electron chi connectivity index (χ1n) is 11.5. The molecule has 2 saturated heterocycles. The maximum atomic E-state index is 4.85. The van der Waals surface area contributed by atoms with E-state index in [9.17, 15) is 0 Å². The standard InChI is InChI=1S/C24H36N6/c1-28(2)22-11-9-20(10-12-22)18-29-15-7-8-21(19-29)26-24-25-14-13-23(27-24)30-16-5-3-4-6-17-30/h9-14,21H,3-8,15-19H2,1-2H3,(H,25,26,27). The summed E-state index contributed by atoms with van der Waals surface area (Å²) in [4.78, 5) is 16.5. The van der Waals surface area contributed by atoms with Gasteiger partial charge in [0, 0.05) is 58.2 Å². The molecular weight excluding hydrogens is 372 g/mol. The number of nitrogens with zero attached hydrogens (tertiary/aromatic N) is 5. The van der Waals surface area contributed by atoms with E-state index in [1.807, 2.05) is 6.20 Å². The first-order chi connectivity index (χ1) is 14.7. The number of piperidine rings is 1. The number of anilines is 3. The number of hydrogen-bond acceptors (Lipinski definition) is 6. The molecule has 30 heavy (non-hydrogen) atoms. The van der Waals surface area contributed by atoms with Crippen molar-refractivity contribution in [2.45, 2.75) is 51.1 Å². The van der Waals surface area contributed by atoms with E-state index in [4.69, 9.17) is 4.98 Å². The fourth-order valence-electron chi connectivity index (χ4n) is 4.55. The average Bonchev–Trinajstić information content (AvgIpc) is 3.04. The van der Waals surface area contributed by atoms with Crippen molar-refractivity contribution in [3.63, 3.8) is 0 Å². The van der Waals surface area contributed by atoms with Crippen LogP contribution in [-0.4, -0.2) is 61.2 Å². The molecule has 0 spiro atoms. The summed E-state index contributed by atoms with van der Waals surface area (Å²) in [5, 5.41) is 3.62. The van der Waals surface area contributed by atoms with Crippen LogP contribution in [0.15, 0.2) is 36.5 Å². The van der Waals surface area contributed by atoms with Crippen LogP contribution in [0.3, 0.4) is 0 Å². The number of rotatable bonds is 6. The Morgan fingerprint density at radius 2 is 1.73 bits per heavy atom. The summed E-state index contributed by atoms with van der Waals surface area (Å²) in [6.07, 6.45) is 9.49. The van der Waals surface area contributed by atoms with E-state index >= 15 is 0 Å². The van der Waals surface area contributed by atoms with Gasteiger partial charge in [0.05, 0.1) is 0 Å². The van der Waals surface area contributed by atoms with Crippen LogP contribution in [0, 0.1) is 0 Å². The zero-order chi connectivity index (χ0) is 20.8. The Morgan fingerprint density at radius 3 is 2.47 bits per heavy atom. The molecule has 162 valence electrons. The minimum absolute atomic E-state index is 0.402. The van der Waals surface area contributed by atoms with Gasteiger partial charge in [-0.05, 0) is 56.0 Å². The van der Waals surface area contributed by atoms with E-state index in [1.165, 1.54) is 49.8 Å². The van der Waals surface area contributed by atoms with Crippen molar-refractivity contribution in [1.29, 1.82) is 0 Å². The van der Waals surface area contributed by atoms with E-state index in [2.05, 4.69) is 69.4 Å². The molecule has 0 radical (unpaired) electrons. The lowest BCUT2D eigenvalue weighted by Crippen LogP contribution is -2.42. The number of aromatic nitrogens is 2. The number of likely N-dealkylation sites (tertiary alicyclic amines) is 1. The van der Waals surface area contributed by atoms with Gasteiger partial charge in [-0.1, -0.05) is 25.0 Å². The molecule has 2 aromatic rings. The Morgan fingerprint density at radius 1 is 0.967 bits per heavy atom. The summed E-state index contributed by atoms with van der Waals surface area (Å²) in [7, 11) is 4.17. The van der Waals surface area contributed by atoms with E-state index < -0.39 is 0 Å². The SMILES string of the molecule is CN(C)c1ccc(CN2CCCC(Nc3nccc(N4CCCCCC4)n3)C2)cc1. The third-order valence-electron chi connectivity index (χ3n) is 6.27. The van der Waals surface area contributed by atoms with Crippen LogP contribution < -0.4 is 15.1 Å². The highest BCUT2D eigenvalue weighted by Gasteiger charge is 2.21. The molecule has 2 aliphatic heterocycles. The normalized spacial score (nSPS) is 20.6. The van der Waals surface area contributed by atoms with Crippen molar-refractivity contribution in [2.24, 2.45) is 0 Å². The van der Waals surface area contributed by atoms with E-state index in [1.54, 1.807) is 0 Å². The highest BCUT2D eigenvalue weighted by atomic mass is 15.2. The van der Waals surface area contributed by atoms with Crippen molar-refractivity contribution in [2.75, 3.05) is 55.4 Å². The second-order valence-electron chi connectivity index (χ2n) is 8.92. The summed E-state index contributed by atoms with van der Waals surface area (Å²) in [6, 6.07) is 11.4. The Hall–Kier alpha value is -2.34. The quantitative estimate of drug-likeness (QED) is 0.780. The minimum atomic E-state index is 0.402. The van der Waals surface area contributed by atoms with Gasteiger partial charge in [-0.15, -0.1) is 0 Å². The fraction of sp³-hybridized carbons (Fsp3) is 0.583. The van der Waals surface area contributed by atoms with E-state index in [0.717, 1.165) is 44.5 Å². The van der Waals surface area contributed by atoms with Crippen molar-refractivity contribution in [3.05, 3.63) is 42.1 Å². The van der Waals surface area contributed by atoms with Gasteiger partial charge in [0.2, 0.25) is 5.95 Å². The maximum Gasteiger partial charge on any atom is 0.224 e. The van der Waals surface area contributed by atoms with Crippen LogP contribution in [0.25, 0.3) is 0 Å². The van der Waals surface area contributed by atoms with Crippen LogP contribution in [0.5, 0.6) is 0 Å². The number of nitrogens with one attached hydrogen (secondary N) is 1. The molecule has 1 N–H and O–H groups in total. The fourth-order valence-corrected chi connectivity index (χ4v) is 4.55. The Bertz CT molecular complexity index is 783. The lowest BCUT2D eigenvalue weighted by atomic mass is 10.0. The summed E-state index contributed by atoms with van der Waals surface area (Å²) in [5.41, 5.74) is 2.62. The molecule has 3 heterocycles. The second-order valence-corrected chi connectivity index (χ2v) is 8.92. The molecular formula is C24H36N6. The lowest BCUT2D eigenvalue weighted by Gasteiger charge is -2.33. The van der Waals surface area contributed by atoms with Gasteiger partial charge in [-0.3, -0.25) is 4.90 Å². The summed E-state index contributed by atoms with van der Waals surface area (Å²) < 4.78 is 0. The van der Waals surface area contributed by atoms with Gasteiger partial charge in [-0.2, -0.15) is 4.98 Å². The van der Waals surface area contributed by atoms with Crippen LogP contribution in [0.4, 0.5) is 17.5 Å². The first kappa shape index (κ1) is 20.9. The number of benzene rings is 1. The van der Waals surface area contributed by atoms with Gasteiger partial charge in [0.15, 0.2) is 0 Å². The van der Waals surface area contributed by atoms with Crippen molar-refractivity contribution in [3.8, 4) is 0 Å². The van der Waals surface area contributed by atoms with Crippen molar-refractivity contribution in [1.82, 2.24) is 14.9 Å². The van der Waals surface area contributed by atoms with Crippen molar-refractivity contribution < 1.29 is 0 Å². The van der Waals surface area contributed by atoms with Crippen LogP contribution >= 0.6 is 0 Å². The molecule has 6 heteroatoms. The molecule has 1 aromatic carbocycles. The minimum Gasteiger partial charge on any atom is -0.378 e. The number of hydrogen-bond donors (Lipinski definition) is 1. The van der Waals surface area contributed by atoms with Gasteiger partial charge in [-0.25, -0.2) is 4.98 Å². The van der Waals surface area contributed by atoms with Gasteiger partial charge < -0.3 is 15.1 Å². The topological polar surface area (TPSA) is 47.5 Å². The Kier molecular flexibility index (Phi) is 7.05. The molecule has 6 nitrogen and oxygen atoms in total. The average molecular weight is 409 g/mol. The van der Waals surface area contributed by atoms with Gasteiger partial charge in [0.1, 0.15) is 5.82 Å². The zero-order valence-electron chi connectivity index (χ0n) is 18.6. The molecule has 0 saturated carbocycles. The first-order valence-corrected chi connectivity index (χ1v) is 11.5. The predicted molar refractivity (Wildman–Crippen MR) is 125 cm³/mol. The summed E-state index contributed by atoms with van der Waals surface area (Å²) in [5.74, 6) is 1.85. The summed E-state index contributed by atoms with van der Waals surface area (Å²) in [6.45, 7) is 5.41. The van der Waals surface area contributed by atoms with E-state index in [-0.39, 0.29) is 0 Å². The third-order valence-corrected chi connectivity index (χ3v) is 6.27. The van der Waals surface area contributed by atoms with Crippen LogP contribution in [0.2, 0.25) is 0 Å². The molecule has 1 aromatic heterocycles. The molecule has 1 unspecified atom stereocenters. The molecule has 0 aliphatic carbocycles. The molecule has 2 fully saturated rings. The van der Waals surface area contributed by atoms with E-state index in [0.29, 0.717) is 6.04 Å².